The lowest BCUT2D eigenvalue weighted by atomic mass is 10.2. The van der Waals surface area contributed by atoms with Crippen LogP contribution < -0.4 is 15.5 Å². The number of carbonyl (C=O) groups excluding carboxylic acids is 1. The second-order valence-electron chi connectivity index (χ2n) is 7.00. The summed E-state index contributed by atoms with van der Waals surface area (Å²) >= 11 is 1.84. The molecule has 1 atom stereocenters. The topological polar surface area (TPSA) is 56.7 Å². The molecule has 1 amide bonds. The molecule has 1 aromatic heterocycles. The minimum absolute atomic E-state index is 0.223. The summed E-state index contributed by atoms with van der Waals surface area (Å²) in [5.41, 5.74) is 2.15. The fourth-order valence-electron chi connectivity index (χ4n) is 3.28. The lowest BCUT2D eigenvalue weighted by Crippen LogP contribution is -2.42. The predicted molar refractivity (Wildman–Crippen MR) is 114 cm³/mol. The van der Waals surface area contributed by atoms with Gasteiger partial charge in [0.05, 0.1) is 0 Å². The summed E-state index contributed by atoms with van der Waals surface area (Å²) in [4.78, 5) is 20.8. The molecule has 1 fully saturated rings. The lowest BCUT2D eigenvalue weighted by molar-refractivity contribution is -0.117. The van der Waals surface area contributed by atoms with Gasteiger partial charge in [0.15, 0.2) is 5.96 Å². The van der Waals surface area contributed by atoms with E-state index in [9.17, 15) is 4.79 Å². The SMILES string of the molecule is CN=C(NCc1ccc(N2CCCC2=O)cc1)NC(C)Cc1ccc(C)s1. The van der Waals surface area contributed by atoms with E-state index in [0.29, 0.717) is 19.0 Å². The molecular formula is C21H28N4OS. The molecule has 0 spiro atoms. The predicted octanol–water partition coefficient (Wildman–Crippen LogP) is 3.48. The van der Waals surface area contributed by atoms with Gasteiger partial charge >= 0.3 is 0 Å². The first-order chi connectivity index (χ1) is 13.0. The number of aryl methyl sites for hydroxylation is 1. The maximum absolute atomic E-state index is 11.8. The summed E-state index contributed by atoms with van der Waals surface area (Å²) in [6, 6.07) is 12.9. The molecule has 3 rings (SSSR count). The molecular weight excluding hydrogens is 356 g/mol. The third-order valence-electron chi connectivity index (χ3n) is 4.69. The number of anilines is 1. The average molecular weight is 385 g/mol. The molecule has 2 aromatic rings. The second kappa shape index (κ2) is 9.04. The van der Waals surface area contributed by atoms with Crippen LogP contribution in [0.3, 0.4) is 0 Å². The highest BCUT2D eigenvalue weighted by Gasteiger charge is 2.21. The normalized spacial score (nSPS) is 15.9. The molecule has 1 saturated heterocycles. The number of nitrogens with zero attached hydrogens (tertiary/aromatic N) is 2. The highest BCUT2D eigenvalue weighted by Crippen LogP contribution is 2.21. The van der Waals surface area contributed by atoms with Crippen molar-refractivity contribution in [2.45, 2.75) is 45.7 Å². The van der Waals surface area contributed by atoms with Gasteiger partial charge in [-0.05, 0) is 50.1 Å². The molecule has 1 aliphatic rings. The number of carbonyl (C=O) groups is 1. The summed E-state index contributed by atoms with van der Waals surface area (Å²) in [5, 5.41) is 6.82. The number of thiophene rings is 1. The third kappa shape index (κ3) is 5.32. The fourth-order valence-corrected chi connectivity index (χ4v) is 4.30. The summed E-state index contributed by atoms with van der Waals surface area (Å²) in [6.07, 6.45) is 2.60. The highest BCUT2D eigenvalue weighted by molar-refractivity contribution is 7.11. The van der Waals surface area contributed by atoms with Crippen LogP contribution >= 0.6 is 11.3 Å². The third-order valence-corrected chi connectivity index (χ3v) is 5.71. The minimum atomic E-state index is 0.223. The Labute approximate surface area is 165 Å². The van der Waals surface area contributed by atoms with Gasteiger partial charge in [-0.3, -0.25) is 9.79 Å². The first kappa shape index (κ1) is 19.4. The zero-order valence-electron chi connectivity index (χ0n) is 16.3. The van der Waals surface area contributed by atoms with Gasteiger partial charge in [0.25, 0.3) is 0 Å². The Morgan fingerprint density at radius 3 is 2.63 bits per heavy atom. The van der Waals surface area contributed by atoms with E-state index in [2.05, 4.69) is 53.7 Å². The van der Waals surface area contributed by atoms with Crippen LogP contribution in [0.5, 0.6) is 0 Å². The van der Waals surface area contributed by atoms with Gasteiger partial charge in [0, 0.05) is 54.5 Å². The van der Waals surface area contributed by atoms with Crippen LogP contribution in [-0.4, -0.2) is 31.5 Å². The number of rotatable bonds is 6. The summed E-state index contributed by atoms with van der Waals surface area (Å²) in [7, 11) is 1.79. The molecule has 1 aliphatic heterocycles. The maximum atomic E-state index is 11.8. The number of benzene rings is 1. The molecule has 0 aliphatic carbocycles. The summed E-state index contributed by atoms with van der Waals surface area (Å²) in [6.45, 7) is 5.83. The fraction of sp³-hybridized carbons (Fsp3) is 0.429. The van der Waals surface area contributed by atoms with Crippen LogP contribution in [0.1, 0.15) is 35.1 Å². The highest BCUT2D eigenvalue weighted by atomic mass is 32.1. The molecule has 0 bridgehead atoms. The quantitative estimate of drug-likeness (QED) is 0.592. The number of amides is 1. The molecule has 1 unspecified atom stereocenters. The first-order valence-electron chi connectivity index (χ1n) is 9.47. The van der Waals surface area contributed by atoms with Crippen LogP contribution in [0, 0.1) is 6.92 Å². The van der Waals surface area contributed by atoms with Crippen molar-refractivity contribution in [2.24, 2.45) is 4.99 Å². The van der Waals surface area contributed by atoms with E-state index in [4.69, 9.17) is 0 Å². The van der Waals surface area contributed by atoms with Gasteiger partial charge < -0.3 is 15.5 Å². The number of guanidine groups is 1. The van der Waals surface area contributed by atoms with Crippen molar-refractivity contribution in [2.75, 3.05) is 18.5 Å². The van der Waals surface area contributed by atoms with E-state index in [0.717, 1.165) is 36.6 Å². The van der Waals surface area contributed by atoms with Crippen molar-refractivity contribution in [3.63, 3.8) is 0 Å². The van der Waals surface area contributed by atoms with E-state index in [1.54, 1.807) is 7.05 Å². The van der Waals surface area contributed by atoms with Crippen molar-refractivity contribution in [1.82, 2.24) is 10.6 Å². The maximum Gasteiger partial charge on any atom is 0.227 e. The number of nitrogens with one attached hydrogen (secondary N) is 2. The largest absolute Gasteiger partial charge is 0.354 e. The van der Waals surface area contributed by atoms with Crippen LogP contribution in [0.4, 0.5) is 5.69 Å². The van der Waals surface area contributed by atoms with E-state index in [1.807, 2.05) is 28.4 Å². The van der Waals surface area contributed by atoms with Crippen molar-refractivity contribution < 1.29 is 4.79 Å². The van der Waals surface area contributed by atoms with Crippen molar-refractivity contribution in [3.8, 4) is 0 Å². The average Bonchev–Trinajstić information content (AvgIpc) is 3.27. The van der Waals surface area contributed by atoms with Crippen LogP contribution in [0.15, 0.2) is 41.4 Å². The molecule has 1 aromatic carbocycles. The molecule has 0 radical (unpaired) electrons. The molecule has 0 saturated carbocycles. The summed E-state index contributed by atoms with van der Waals surface area (Å²) < 4.78 is 0. The zero-order chi connectivity index (χ0) is 19.2. The van der Waals surface area contributed by atoms with E-state index in [1.165, 1.54) is 9.75 Å². The molecule has 2 heterocycles. The molecule has 5 nitrogen and oxygen atoms in total. The van der Waals surface area contributed by atoms with Crippen molar-refractivity contribution in [1.29, 1.82) is 0 Å². The van der Waals surface area contributed by atoms with Gasteiger partial charge in [-0.1, -0.05) is 12.1 Å². The smallest absolute Gasteiger partial charge is 0.227 e. The minimum Gasteiger partial charge on any atom is -0.354 e. The number of hydrogen-bond donors (Lipinski definition) is 2. The Balaban J connectivity index is 1.49. The Morgan fingerprint density at radius 2 is 2.04 bits per heavy atom. The van der Waals surface area contributed by atoms with Gasteiger partial charge in [-0.25, -0.2) is 0 Å². The first-order valence-corrected chi connectivity index (χ1v) is 10.3. The van der Waals surface area contributed by atoms with Crippen LogP contribution in [-0.2, 0) is 17.8 Å². The van der Waals surface area contributed by atoms with E-state index < -0.39 is 0 Å². The van der Waals surface area contributed by atoms with Gasteiger partial charge in [0.1, 0.15) is 0 Å². The lowest BCUT2D eigenvalue weighted by Gasteiger charge is -2.18. The molecule has 6 heteroatoms. The Hall–Kier alpha value is -2.34. The molecule has 144 valence electrons. The second-order valence-corrected chi connectivity index (χ2v) is 8.38. The standard InChI is InChI=1S/C21H28N4OS/c1-15(13-19-11-6-16(2)27-19)24-21(22-3)23-14-17-7-9-18(10-8-17)25-12-4-5-20(25)26/h6-11,15H,4-5,12-14H2,1-3H3,(H2,22,23,24). The van der Waals surface area contributed by atoms with Crippen LogP contribution in [0.25, 0.3) is 0 Å². The summed E-state index contributed by atoms with van der Waals surface area (Å²) in [5.74, 6) is 1.02. The van der Waals surface area contributed by atoms with Crippen molar-refractivity contribution >= 4 is 28.9 Å². The zero-order valence-corrected chi connectivity index (χ0v) is 17.1. The molecule has 2 N–H and O–H groups in total. The number of aliphatic imine (C=N–C) groups is 1. The molecule has 27 heavy (non-hydrogen) atoms. The van der Waals surface area contributed by atoms with Gasteiger partial charge in [-0.2, -0.15) is 0 Å². The number of hydrogen-bond acceptors (Lipinski definition) is 3. The van der Waals surface area contributed by atoms with Gasteiger partial charge in [0.2, 0.25) is 5.91 Å². The Bertz CT molecular complexity index is 797. The van der Waals surface area contributed by atoms with E-state index >= 15 is 0 Å². The van der Waals surface area contributed by atoms with E-state index in [-0.39, 0.29) is 5.91 Å². The Morgan fingerprint density at radius 1 is 1.26 bits per heavy atom. The van der Waals surface area contributed by atoms with Gasteiger partial charge in [-0.15, -0.1) is 11.3 Å². The monoisotopic (exact) mass is 384 g/mol. The Kier molecular flexibility index (Phi) is 6.50. The van der Waals surface area contributed by atoms with Crippen molar-refractivity contribution in [3.05, 3.63) is 51.7 Å². The van der Waals surface area contributed by atoms with Crippen LogP contribution in [0.2, 0.25) is 0 Å².